The number of carbonyl (C=O) groups excluding carboxylic acids is 2. The van der Waals surface area contributed by atoms with Crippen molar-refractivity contribution in [3.8, 4) is 0 Å². The molecule has 2 atom stereocenters. The van der Waals surface area contributed by atoms with Gasteiger partial charge in [-0.15, -0.1) is 16.9 Å². The van der Waals surface area contributed by atoms with Gasteiger partial charge in [-0.25, -0.2) is 4.68 Å². The van der Waals surface area contributed by atoms with Gasteiger partial charge in [0.25, 0.3) is 0 Å². The Labute approximate surface area is 409 Å². The van der Waals surface area contributed by atoms with Crippen LogP contribution >= 0.6 is 11.8 Å². The normalized spacial score (nSPS) is 12.5. The molecule has 0 aliphatic rings. The molecule has 4 N–H and O–H groups in total. The lowest BCUT2D eigenvalue weighted by Gasteiger charge is -2.17. The van der Waals surface area contributed by atoms with Crippen LogP contribution in [-0.4, -0.2) is 227 Å². The molecule has 68 heavy (non-hydrogen) atoms. The smallest absolute Gasteiger partial charge is 0.305 e. The molecule has 2 unspecified atom stereocenters. The third-order valence-electron chi connectivity index (χ3n) is 8.64. The van der Waals surface area contributed by atoms with Gasteiger partial charge in [0.05, 0.1) is 189 Å². The number of methoxy groups -OCH3 is 1. The van der Waals surface area contributed by atoms with Crippen LogP contribution < -0.4 is 11.1 Å². The maximum absolute atomic E-state index is 12.4. The number of carboxylic acids is 1. The average Bonchev–Trinajstić information content (AvgIpc) is 3.76. The number of rotatable bonds is 49. The van der Waals surface area contributed by atoms with E-state index in [0.717, 1.165) is 37.8 Å². The summed E-state index contributed by atoms with van der Waals surface area (Å²) < 4.78 is 71.5. The molecule has 0 saturated carbocycles. The number of aliphatic carboxylic acids is 1. The van der Waals surface area contributed by atoms with Gasteiger partial charge in [-0.1, -0.05) is 32.9 Å². The SMILES string of the molecule is CCCOCCOCCOCCOCCn1cc(CNC(=O)C(CC(=O)O)SCC(N)C(C)=O)nn1.COCCOCCOCCOCCOCCOCCOCCOCCOCCC(C)(C)C. The van der Waals surface area contributed by atoms with Crippen LogP contribution in [0.2, 0.25) is 0 Å². The molecule has 0 saturated heterocycles. The lowest BCUT2D eigenvalue weighted by Crippen LogP contribution is -2.37. The molecule has 0 aliphatic heterocycles. The van der Waals surface area contributed by atoms with Gasteiger partial charge in [0, 0.05) is 26.1 Å². The Bertz CT molecular complexity index is 1300. The Morgan fingerprint density at radius 3 is 1.40 bits per heavy atom. The standard InChI is InChI=1S/C23H48O9.C22H39N5O8S/c1-23(2,3)5-6-25-9-10-27-13-14-29-17-18-31-21-22-32-20-19-30-16-15-28-12-11-26-8-7-24-4;1-3-5-32-7-9-34-11-12-35-10-8-33-6-4-27-15-18(25-26-27)14-24-22(31)20(13-21(29)30)36-16-19(23)17(2)28/h5-22H2,1-4H3;15,19-20H,3-14,16,23H2,1-2H3,(H,24,31)(H,29,30). The first-order valence-electron chi connectivity index (χ1n) is 23.6. The fraction of sp³-hybridized carbons (Fsp3) is 0.889. The number of nitrogens with zero attached hydrogens (tertiary/aromatic N) is 3. The highest BCUT2D eigenvalue weighted by Crippen LogP contribution is 2.18. The number of Topliss-reactive ketones (excluding diaryl/α,β-unsaturated/α-hetero) is 1. The van der Waals surface area contributed by atoms with Crippen molar-refractivity contribution in [1.82, 2.24) is 20.3 Å². The fourth-order valence-electron chi connectivity index (χ4n) is 4.77. The van der Waals surface area contributed by atoms with E-state index in [1.54, 1.807) is 18.0 Å². The molecule has 0 spiro atoms. The van der Waals surface area contributed by atoms with Gasteiger partial charge < -0.3 is 77.7 Å². The zero-order valence-electron chi connectivity index (χ0n) is 42.0. The van der Waals surface area contributed by atoms with Crippen molar-refractivity contribution >= 4 is 29.4 Å². The van der Waals surface area contributed by atoms with Gasteiger partial charge in [0.15, 0.2) is 0 Å². The molecule has 400 valence electrons. The first kappa shape index (κ1) is 65.5. The fourth-order valence-corrected chi connectivity index (χ4v) is 5.94. The van der Waals surface area contributed by atoms with E-state index in [1.807, 2.05) is 0 Å². The van der Waals surface area contributed by atoms with Gasteiger partial charge in [0.2, 0.25) is 5.91 Å². The molecular formula is C45H87N5O17S. The summed E-state index contributed by atoms with van der Waals surface area (Å²) in [4.78, 5) is 34.8. The molecule has 1 amide bonds. The predicted octanol–water partition coefficient (Wildman–Crippen LogP) is 2.07. The van der Waals surface area contributed by atoms with Gasteiger partial charge in [-0.05, 0) is 25.2 Å². The zero-order valence-corrected chi connectivity index (χ0v) is 42.8. The number of amides is 1. The number of thioether (sulfide) groups is 1. The molecule has 1 aromatic heterocycles. The zero-order chi connectivity index (χ0) is 50.2. The van der Waals surface area contributed by atoms with Crippen LogP contribution in [0.25, 0.3) is 0 Å². The van der Waals surface area contributed by atoms with Crippen LogP contribution in [0.4, 0.5) is 0 Å². The second kappa shape index (κ2) is 48.2. The highest BCUT2D eigenvalue weighted by molar-refractivity contribution is 8.00. The third kappa shape index (κ3) is 47.2. The summed E-state index contributed by atoms with van der Waals surface area (Å²) in [7, 11) is 1.65. The van der Waals surface area contributed by atoms with E-state index >= 15 is 0 Å². The second-order valence-electron chi connectivity index (χ2n) is 16.0. The topological polar surface area (TPSA) is 260 Å². The van der Waals surface area contributed by atoms with Gasteiger partial charge in [-0.2, -0.15) is 0 Å². The van der Waals surface area contributed by atoms with Gasteiger partial charge in [0.1, 0.15) is 11.5 Å². The first-order valence-corrected chi connectivity index (χ1v) is 24.6. The summed E-state index contributed by atoms with van der Waals surface area (Å²) in [5, 5.41) is 18.8. The molecule has 23 heteroatoms. The number of carbonyl (C=O) groups is 3. The molecule has 0 bridgehead atoms. The van der Waals surface area contributed by atoms with E-state index in [1.165, 1.54) is 6.92 Å². The van der Waals surface area contributed by atoms with Crippen molar-refractivity contribution in [3.05, 3.63) is 11.9 Å². The van der Waals surface area contributed by atoms with Crippen molar-refractivity contribution in [2.45, 2.75) is 78.3 Å². The van der Waals surface area contributed by atoms with Gasteiger partial charge >= 0.3 is 5.97 Å². The molecule has 22 nitrogen and oxygen atoms in total. The van der Waals surface area contributed by atoms with Crippen molar-refractivity contribution in [3.63, 3.8) is 0 Å². The Kier molecular flexibility index (Phi) is 46.4. The number of ketones is 1. The molecule has 0 fully saturated rings. The predicted molar refractivity (Wildman–Crippen MR) is 255 cm³/mol. The Morgan fingerprint density at radius 1 is 0.647 bits per heavy atom. The first-order chi connectivity index (χ1) is 32.9. The number of carboxylic acid groups (broad SMARTS) is 1. The van der Waals surface area contributed by atoms with Crippen LogP contribution in [0.5, 0.6) is 0 Å². The summed E-state index contributed by atoms with van der Waals surface area (Å²) in [5.41, 5.74) is 6.51. The van der Waals surface area contributed by atoms with Crippen molar-refractivity contribution in [2.75, 3.05) is 178 Å². The number of nitrogens with two attached hydrogens (primary N) is 1. The summed E-state index contributed by atoms with van der Waals surface area (Å²) >= 11 is 1.04. The van der Waals surface area contributed by atoms with Crippen molar-refractivity contribution < 1.29 is 81.1 Å². The van der Waals surface area contributed by atoms with Crippen molar-refractivity contribution in [1.29, 1.82) is 0 Å². The molecule has 0 aliphatic carbocycles. The molecular weight excluding hydrogens is 915 g/mol. The number of aromatic nitrogens is 3. The van der Waals surface area contributed by atoms with E-state index in [2.05, 4.69) is 43.3 Å². The summed E-state index contributed by atoms with van der Waals surface area (Å²) in [5.74, 6) is -1.65. The molecule has 1 heterocycles. The summed E-state index contributed by atoms with van der Waals surface area (Å²) in [6.45, 7) is 24.6. The Hall–Kier alpha value is -2.46. The van der Waals surface area contributed by atoms with E-state index in [9.17, 15) is 14.4 Å². The Morgan fingerprint density at radius 2 is 1.03 bits per heavy atom. The van der Waals surface area contributed by atoms with E-state index in [0.29, 0.717) is 170 Å². The quantitative estimate of drug-likeness (QED) is 0.0790. The second-order valence-corrected chi connectivity index (χ2v) is 17.2. The highest BCUT2D eigenvalue weighted by atomic mass is 32.2. The third-order valence-corrected chi connectivity index (χ3v) is 9.98. The highest BCUT2D eigenvalue weighted by Gasteiger charge is 2.24. The van der Waals surface area contributed by atoms with Crippen LogP contribution in [0.15, 0.2) is 6.20 Å². The van der Waals surface area contributed by atoms with E-state index in [4.69, 9.17) is 72.4 Å². The maximum atomic E-state index is 12.4. The minimum Gasteiger partial charge on any atom is -0.481 e. The maximum Gasteiger partial charge on any atom is 0.305 e. The lowest BCUT2D eigenvalue weighted by molar-refractivity contribution is -0.138. The molecule has 0 aromatic carbocycles. The summed E-state index contributed by atoms with van der Waals surface area (Å²) in [6.07, 6.45) is 3.34. The number of nitrogens with one attached hydrogen (secondary N) is 1. The number of ether oxygens (including phenoxy) is 13. The van der Waals surface area contributed by atoms with E-state index < -0.39 is 23.2 Å². The van der Waals surface area contributed by atoms with Crippen molar-refractivity contribution in [2.24, 2.45) is 11.1 Å². The van der Waals surface area contributed by atoms with Gasteiger partial charge in [-0.3, -0.25) is 14.4 Å². The summed E-state index contributed by atoms with van der Waals surface area (Å²) in [6, 6.07) is -0.748. The Balaban J connectivity index is 0.00000133. The molecule has 1 rings (SSSR count). The largest absolute Gasteiger partial charge is 0.481 e. The van der Waals surface area contributed by atoms with Crippen LogP contribution in [-0.2, 0) is 89.1 Å². The van der Waals surface area contributed by atoms with Crippen LogP contribution in [0, 0.1) is 5.41 Å². The van der Waals surface area contributed by atoms with E-state index in [-0.39, 0.29) is 24.5 Å². The van der Waals surface area contributed by atoms with Crippen LogP contribution in [0.3, 0.4) is 0 Å². The minimum atomic E-state index is -1.11. The number of hydrogen-bond acceptors (Lipinski definition) is 20. The molecule has 0 radical (unpaired) electrons. The lowest BCUT2D eigenvalue weighted by atomic mass is 9.93. The van der Waals surface area contributed by atoms with Crippen LogP contribution in [0.1, 0.15) is 59.6 Å². The minimum absolute atomic E-state index is 0.0930. The number of hydrogen-bond donors (Lipinski definition) is 3. The molecule has 1 aromatic rings. The monoisotopic (exact) mass is 1000 g/mol. The average molecular weight is 1000 g/mol.